The van der Waals surface area contributed by atoms with Crippen LogP contribution >= 0.6 is 22.9 Å². The molecule has 0 aliphatic heterocycles. The normalized spacial score (nSPS) is 11.7. The zero-order chi connectivity index (χ0) is 23.0. The molecule has 4 heterocycles. The topological polar surface area (TPSA) is 92.7 Å². The van der Waals surface area contributed by atoms with E-state index in [0.717, 1.165) is 17.7 Å². The van der Waals surface area contributed by atoms with Crippen LogP contribution in [0, 0.1) is 6.92 Å². The number of nitrogens with zero attached hydrogens (tertiary/aromatic N) is 7. The summed E-state index contributed by atoms with van der Waals surface area (Å²) in [5.41, 5.74) is 1.86. The Morgan fingerprint density at radius 3 is 2.66 bits per heavy atom. The number of halogens is 1. The second-order valence-corrected chi connectivity index (χ2v) is 9.14. The fraction of sp³-hybridized carbons (Fsp3) is 0.318. The van der Waals surface area contributed by atoms with Gasteiger partial charge in [-0.1, -0.05) is 20.8 Å². The molecule has 4 aromatic rings. The SMILES string of the molecule is CCC(C)(C)c1nn(-c2ccc(Oc3ccnc(-c4cnn(C)c4)c3)c(C)n2)c(=O)n1I. The van der Waals surface area contributed by atoms with Crippen molar-refractivity contribution in [2.75, 3.05) is 0 Å². The Kier molecular flexibility index (Phi) is 5.89. The largest absolute Gasteiger partial charge is 0.455 e. The Morgan fingerprint density at radius 2 is 2.00 bits per heavy atom. The molecule has 0 radical (unpaired) electrons. The van der Waals surface area contributed by atoms with Crippen LogP contribution in [-0.4, -0.2) is 32.3 Å². The molecule has 0 amide bonds. The molecule has 0 atom stereocenters. The van der Waals surface area contributed by atoms with Gasteiger partial charge in [0.25, 0.3) is 0 Å². The quantitative estimate of drug-likeness (QED) is 0.337. The van der Waals surface area contributed by atoms with Gasteiger partial charge in [0.1, 0.15) is 17.3 Å². The van der Waals surface area contributed by atoms with E-state index in [2.05, 4.69) is 40.9 Å². The van der Waals surface area contributed by atoms with Crippen LogP contribution in [0.25, 0.3) is 17.1 Å². The number of rotatable bonds is 6. The van der Waals surface area contributed by atoms with Gasteiger partial charge in [0.2, 0.25) is 0 Å². The molecule has 0 aromatic carbocycles. The van der Waals surface area contributed by atoms with Crippen molar-refractivity contribution in [3.05, 3.63) is 64.9 Å². The summed E-state index contributed by atoms with van der Waals surface area (Å²) in [6.45, 7) is 8.05. The second-order valence-electron chi connectivity index (χ2n) is 8.17. The van der Waals surface area contributed by atoms with E-state index in [4.69, 9.17) is 4.74 Å². The van der Waals surface area contributed by atoms with Crippen molar-refractivity contribution in [3.8, 4) is 28.6 Å². The highest BCUT2D eigenvalue weighted by molar-refractivity contribution is 14.1. The summed E-state index contributed by atoms with van der Waals surface area (Å²) < 4.78 is 10.7. The molecule has 9 nitrogen and oxygen atoms in total. The van der Waals surface area contributed by atoms with Gasteiger partial charge in [-0.2, -0.15) is 9.78 Å². The van der Waals surface area contributed by atoms with E-state index >= 15 is 0 Å². The van der Waals surface area contributed by atoms with Crippen molar-refractivity contribution in [2.24, 2.45) is 7.05 Å². The molecule has 166 valence electrons. The molecule has 0 unspecified atom stereocenters. The predicted octanol–water partition coefficient (Wildman–Crippen LogP) is 4.21. The molecule has 0 aliphatic rings. The van der Waals surface area contributed by atoms with Crippen LogP contribution in [-0.2, 0) is 12.5 Å². The molecule has 10 heteroatoms. The van der Waals surface area contributed by atoms with Gasteiger partial charge in [-0.3, -0.25) is 9.67 Å². The number of hydrogen-bond acceptors (Lipinski definition) is 6. The maximum absolute atomic E-state index is 12.8. The molecule has 32 heavy (non-hydrogen) atoms. The summed E-state index contributed by atoms with van der Waals surface area (Å²) in [4.78, 5) is 21.8. The summed E-state index contributed by atoms with van der Waals surface area (Å²) in [6, 6.07) is 7.17. The number of aryl methyl sites for hydroxylation is 2. The van der Waals surface area contributed by atoms with E-state index in [1.54, 1.807) is 38.1 Å². The minimum Gasteiger partial charge on any atom is -0.455 e. The van der Waals surface area contributed by atoms with Crippen LogP contribution < -0.4 is 10.4 Å². The van der Waals surface area contributed by atoms with Gasteiger partial charge in [0, 0.05) is 36.5 Å². The van der Waals surface area contributed by atoms with E-state index in [-0.39, 0.29) is 11.1 Å². The van der Waals surface area contributed by atoms with Crippen molar-refractivity contribution in [3.63, 3.8) is 0 Å². The number of hydrogen-bond donors (Lipinski definition) is 0. The standard InChI is InChI=1S/C22H24IN7O2/c1-6-22(3,4)20-27-30(21(31)29(20)23)19-8-7-18(14(2)26-19)32-16-9-10-24-17(11-16)15-12-25-28(5)13-15/h7-13H,6H2,1-5H3. The highest BCUT2D eigenvalue weighted by Gasteiger charge is 2.27. The van der Waals surface area contributed by atoms with Gasteiger partial charge in [0.05, 0.1) is 40.4 Å². The number of aromatic nitrogens is 7. The van der Waals surface area contributed by atoms with Crippen molar-refractivity contribution < 1.29 is 4.74 Å². The molecular weight excluding hydrogens is 521 g/mol. The molecule has 0 bridgehead atoms. The zero-order valence-corrected chi connectivity index (χ0v) is 20.7. The Morgan fingerprint density at radius 1 is 1.22 bits per heavy atom. The van der Waals surface area contributed by atoms with Crippen molar-refractivity contribution in [1.29, 1.82) is 0 Å². The number of pyridine rings is 2. The van der Waals surface area contributed by atoms with E-state index < -0.39 is 0 Å². The Bertz CT molecular complexity index is 1340. The van der Waals surface area contributed by atoms with Crippen LogP contribution in [0.5, 0.6) is 11.5 Å². The first-order chi connectivity index (χ1) is 15.2. The minimum absolute atomic E-state index is 0.225. The maximum Gasteiger partial charge on any atom is 0.361 e. The molecule has 0 saturated carbocycles. The van der Waals surface area contributed by atoms with Crippen LogP contribution in [0.4, 0.5) is 0 Å². The van der Waals surface area contributed by atoms with Gasteiger partial charge in [0.15, 0.2) is 5.82 Å². The number of ether oxygens (including phenoxy) is 1. The summed E-state index contributed by atoms with van der Waals surface area (Å²) in [6.07, 6.45) is 6.20. The third-order valence-corrected chi connectivity index (χ3v) is 6.29. The predicted molar refractivity (Wildman–Crippen MR) is 130 cm³/mol. The highest BCUT2D eigenvalue weighted by Crippen LogP contribution is 2.28. The first-order valence-electron chi connectivity index (χ1n) is 10.2. The molecule has 0 fully saturated rings. The molecule has 0 N–H and O–H groups in total. The van der Waals surface area contributed by atoms with E-state index in [0.29, 0.717) is 28.8 Å². The molecule has 4 aromatic heterocycles. The Hall–Kier alpha value is -3.02. The van der Waals surface area contributed by atoms with Gasteiger partial charge in [-0.25, -0.2) is 12.6 Å². The van der Waals surface area contributed by atoms with Gasteiger partial charge >= 0.3 is 5.69 Å². The lowest BCUT2D eigenvalue weighted by Crippen LogP contribution is -2.23. The first kappa shape index (κ1) is 22.2. The third kappa shape index (κ3) is 4.18. The molecule has 0 aliphatic carbocycles. The maximum atomic E-state index is 12.8. The monoisotopic (exact) mass is 545 g/mol. The smallest absolute Gasteiger partial charge is 0.361 e. The van der Waals surface area contributed by atoms with Crippen molar-refractivity contribution >= 4 is 22.9 Å². The average Bonchev–Trinajstić information content (AvgIpc) is 3.34. The highest BCUT2D eigenvalue weighted by atomic mass is 127. The van der Waals surface area contributed by atoms with Crippen LogP contribution in [0.2, 0.25) is 0 Å². The van der Waals surface area contributed by atoms with Crippen LogP contribution in [0.1, 0.15) is 38.7 Å². The summed E-state index contributed by atoms with van der Waals surface area (Å²) >= 11 is 2.00. The molecular formula is C22H24IN7O2. The molecule has 4 rings (SSSR count). The van der Waals surface area contributed by atoms with Crippen molar-refractivity contribution in [1.82, 2.24) is 32.3 Å². The van der Waals surface area contributed by atoms with Crippen LogP contribution in [0.15, 0.2) is 47.7 Å². The summed E-state index contributed by atoms with van der Waals surface area (Å²) in [5, 5.41) is 8.75. The average molecular weight is 545 g/mol. The first-order valence-corrected chi connectivity index (χ1v) is 11.2. The Labute approximate surface area is 199 Å². The fourth-order valence-electron chi connectivity index (χ4n) is 3.13. The lowest BCUT2D eigenvalue weighted by atomic mass is 9.90. The molecule has 0 saturated heterocycles. The van der Waals surface area contributed by atoms with Crippen molar-refractivity contribution in [2.45, 2.75) is 39.5 Å². The van der Waals surface area contributed by atoms with Gasteiger partial charge < -0.3 is 4.74 Å². The lowest BCUT2D eigenvalue weighted by Gasteiger charge is -2.19. The zero-order valence-electron chi connectivity index (χ0n) is 18.6. The van der Waals surface area contributed by atoms with E-state index in [9.17, 15) is 4.79 Å². The summed E-state index contributed by atoms with van der Waals surface area (Å²) in [5.74, 6) is 2.39. The van der Waals surface area contributed by atoms with Gasteiger partial charge in [-0.15, -0.1) is 5.10 Å². The fourth-order valence-corrected chi connectivity index (χ4v) is 4.09. The summed E-state index contributed by atoms with van der Waals surface area (Å²) in [7, 11) is 1.86. The van der Waals surface area contributed by atoms with Crippen LogP contribution in [0.3, 0.4) is 0 Å². The molecule has 0 spiro atoms. The van der Waals surface area contributed by atoms with Gasteiger partial charge in [-0.05, 0) is 31.5 Å². The van der Waals surface area contributed by atoms with E-state index in [1.807, 2.05) is 49.1 Å². The second kappa shape index (κ2) is 8.49. The third-order valence-electron chi connectivity index (χ3n) is 5.42. The lowest BCUT2D eigenvalue weighted by molar-refractivity contribution is 0.469. The minimum atomic E-state index is -0.238. The Balaban J connectivity index is 1.63. The van der Waals surface area contributed by atoms with E-state index in [1.165, 1.54) is 4.68 Å².